The molecule has 0 aromatic carbocycles. The van der Waals surface area contributed by atoms with Crippen LogP contribution in [0.25, 0.3) is 0 Å². The number of hydrogen-bond acceptors (Lipinski definition) is 3. The number of nitrogens with two attached hydrogens (primary N) is 1. The van der Waals surface area contributed by atoms with Crippen molar-refractivity contribution < 1.29 is 4.79 Å². The highest BCUT2D eigenvalue weighted by Gasteiger charge is 2.10. The highest BCUT2D eigenvalue weighted by atomic mass is 16.1. The fourth-order valence-electron chi connectivity index (χ4n) is 0.630. The summed E-state index contributed by atoms with van der Waals surface area (Å²) in [6, 6.07) is 0.166. The first-order chi connectivity index (χ1) is 5.45. The fraction of sp³-hybridized carbons (Fsp3) is 0.875. The standard InChI is InChI=1S/C8H19N3O/c1-6(11(3)4)5-10-7(2)8(9)12/h6-7,10H,5H2,1-4H3,(H2,9,12). The molecule has 0 aromatic heterocycles. The highest BCUT2D eigenvalue weighted by Crippen LogP contribution is 1.89. The molecular weight excluding hydrogens is 154 g/mol. The Labute approximate surface area is 74.1 Å². The summed E-state index contributed by atoms with van der Waals surface area (Å²) in [6.07, 6.45) is 0. The molecule has 2 atom stereocenters. The first-order valence-corrected chi connectivity index (χ1v) is 4.14. The van der Waals surface area contributed by atoms with Crippen LogP contribution in [0.5, 0.6) is 0 Å². The van der Waals surface area contributed by atoms with Gasteiger partial charge in [-0.1, -0.05) is 0 Å². The Morgan fingerprint density at radius 3 is 2.33 bits per heavy atom. The monoisotopic (exact) mass is 173 g/mol. The summed E-state index contributed by atoms with van der Waals surface area (Å²) in [4.78, 5) is 12.7. The minimum Gasteiger partial charge on any atom is -0.368 e. The molecule has 0 fully saturated rings. The van der Waals surface area contributed by atoms with Crippen LogP contribution in [0.4, 0.5) is 0 Å². The molecule has 0 aromatic rings. The summed E-state index contributed by atoms with van der Waals surface area (Å²) in [5.74, 6) is -0.305. The summed E-state index contributed by atoms with van der Waals surface area (Å²) in [7, 11) is 4.00. The van der Waals surface area contributed by atoms with E-state index < -0.39 is 0 Å². The second-order valence-corrected chi connectivity index (χ2v) is 3.34. The maximum absolute atomic E-state index is 10.6. The number of primary amides is 1. The van der Waals surface area contributed by atoms with Crippen LogP contribution < -0.4 is 11.1 Å². The van der Waals surface area contributed by atoms with Gasteiger partial charge in [-0.3, -0.25) is 4.79 Å². The maximum Gasteiger partial charge on any atom is 0.234 e. The highest BCUT2D eigenvalue weighted by molar-refractivity contribution is 5.79. The molecule has 0 aliphatic carbocycles. The van der Waals surface area contributed by atoms with E-state index in [4.69, 9.17) is 5.73 Å². The van der Waals surface area contributed by atoms with Gasteiger partial charge >= 0.3 is 0 Å². The molecule has 0 rings (SSSR count). The third kappa shape index (κ3) is 4.31. The average molecular weight is 173 g/mol. The van der Waals surface area contributed by atoms with Gasteiger partial charge in [0.15, 0.2) is 0 Å². The molecule has 2 unspecified atom stereocenters. The minimum absolute atomic E-state index is 0.243. The molecule has 4 nitrogen and oxygen atoms in total. The smallest absolute Gasteiger partial charge is 0.234 e. The number of amides is 1. The molecule has 0 saturated carbocycles. The lowest BCUT2D eigenvalue weighted by molar-refractivity contribution is -0.119. The molecular formula is C8H19N3O. The number of rotatable bonds is 5. The van der Waals surface area contributed by atoms with Crippen molar-refractivity contribution in [3.8, 4) is 0 Å². The van der Waals surface area contributed by atoms with E-state index in [1.807, 2.05) is 14.1 Å². The topological polar surface area (TPSA) is 58.4 Å². The van der Waals surface area contributed by atoms with E-state index in [9.17, 15) is 4.79 Å². The van der Waals surface area contributed by atoms with E-state index in [1.165, 1.54) is 0 Å². The molecule has 4 heteroatoms. The van der Waals surface area contributed by atoms with Gasteiger partial charge in [0.2, 0.25) is 5.91 Å². The lowest BCUT2D eigenvalue weighted by Crippen LogP contribution is -2.44. The Morgan fingerprint density at radius 1 is 1.50 bits per heavy atom. The number of carbonyl (C=O) groups excluding carboxylic acids is 1. The summed E-state index contributed by atoms with van der Waals surface area (Å²) < 4.78 is 0. The lowest BCUT2D eigenvalue weighted by atomic mass is 10.2. The van der Waals surface area contributed by atoms with E-state index >= 15 is 0 Å². The van der Waals surface area contributed by atoms with E-state index in [0.717, 1.165) is 6.54 Å². The van der Waals surface area contributed by atoms with E-state index in [1.54, 1.807) is 6.92 Å². The normalized spacial score (nSPS) is 16.1. The Kier molecular flexibility index (Phi) is 4.85. The molecule has 0 aliphatic rings. The summed E-state index contributed by atoms with van der Waals surface area (Å²) in [5, 5.41) is 3.05. The quantitative estimate of drug-likeness (QED) is 0.583. The first-order valence-electron chi connectivity index (χ1n) is 4.14. The lowest BCUT2D eigenvalue weighted by Gasteiger charge is -2.21. The third-order valence-corrected chi connectivity index (χ3v) is 2.03. The average Bonchev–Trinajstić information content (AvgIpc) is 1.98. The fourth-order valence-corrected chi connectivity index (χ4v) is 0.630. The van der Waals surface area contributed by atoms with Gasteiger partial charge in [-0.05, 0) is 27.9 Å². The number of nitrogens with one attached hydrogen (secondary N) is 1. The van der Waals surface area contributed by atoms with Crippen molar-refractivity contribution >= 4 is 5.91 Å². The second-order valence-electron chi connectivity index (χ2n) is 3.34. The van der Waals surface area contributed by atoms with Crippen LogP contribution in [0.1, 0.15) is 13.8 Å². The van der Waals surface area contributed by atoms with Crippen LogP contribution in [-0.2, 0) is 4.79 Å². The Bertz CT molecular complexity index is 147. The predicted molar refractivity (Wildman–Crippen MR) is 49.8 cm³/mol. The van der Waals surface area contributed by atoms with Gasteiger partial charge in [0.25, 0.3) is 0 Å². The Balaban J connectivity index is 3.61. The van der Waals surface area contributed by atoms with Crippen molar-refractivity contribution in [3.05, 3.63) is 0 Å². The molecule has 72 valence electrons. The van der Waals surface area contributed by atoms with Crippen molar-refractivity contribution in [2.75, 3.05) is 20.6 Å². The maximum atomic E-state index is 10.6. The molecule has 3 N–H and O–H groups in total. The molecule has 0 aliphatic heterocycles. The van der Waals surface area contributed by atoms with Crippen LogP contribution in [0.3, 0.4) is 0 Å². The van der Waals surface area contributed by atoms with E-state index in [-0.39, 0.29) is 11.9 Å². The molecule has 0 spiro atoms. The number of likely N-dealkylation sites (N-methyl/N-ethyl adjacent to an activating group) is 1. The van der Waals surface area contributed by atoms with Crippen molar-refractivity contribution in [1.82, 2.24) is 10.2 Å². The molecule has 0 saturated heterocycles. The van der Waals surface area contributed by atoms with Crippen LogP contribution in [0.15, 0.2) is 0 Å². The summed E-state index contributed by atoms with van der Waals surface area (Å²) >= 11 is 0. The molecule has 0 bridgehead atoms. The van der Waals surface area contributed by atoms with Crippen LogP contribution in [0, 0.1) is 0 Å². The van der Waals surface area contributed by atoms with Gasteiger partial charge in [-0.2, -0.15) is 0 Å². The van der Waals surface area contributed by atoms with Crippen LogP contribution in [0.2, 0.25) is 0 Å². The zero-order chi connectivity index (χ0) is 9.72. The largest absolute Gasteiger partial charge is 0.368 e. The Hall–Kier alpha value is -0.610. The van der Waals surface area contributed by atoms with Crippen molar-refractivity contribution in [2.24, 2.45) is 5.73 Å². The van der Waals surface area contributed by atoms with Crippen LogP contribution >= 0.6 is 0 Å². The zero-order valence-electron chi connectivity index (χ0n) is 8.29. The second kappa shape index (κ2) is 5.11. The predicted octanol–water partition coefficient (Wildman–Crippen LogP) is -0.600. The van der Waals surface area contributed by atoms with Crippen molar-refractivity contribution in [1.29, 1.82) is 0 Å². The number of carbonyl (C=O) groups is 1. The van der Waals surface area contributed by atoms with Gasteiger partial charge in [-0.15, -0.1) is 0 Å². The number of nitrogens with zero attached hydrogens (tertiary/aromatic N) is 1. The summed E-state index contributed by atoms with van der Waals surface area (Å²) in [6.45, 7) is 4.63. The van der Waals surface area contributed by atoms with Gasteiger partial charge in [0.1, 0.15) is 0 Å². The zero-order valence-corrected chi connectivity index (χ0v) is 8.29. The molecule has 0 heterocycles. The van der Waals surface area contributed by atoms with Gasteiger partial charge in [0, 0.05) is 12.6 Å². The SMILES string of the molecule is CC(NCC(C)N(C)C)C(N)=O. The van der Waals surface area contributed by atoms with E-state index in [0.29, 0.717) is 6.04 Å². The van der Waals surface area contributed by atoms with Gasteiger partial charge in [-0.25, -0.2) is 0 Å². The van der Waals surface area contributed by atoms with Gasteiger partial charge in [0.05, 0.1) is 6.04 Å². The van der Waals surface area contributed by atoms with Crippen molar-refractivity contribution in [2.45, 2.75) is 25.9 Å². The van der Waals surface area contributed by atoms with Gasteiger partial charge < -0.3 is 16.0 Å². The third-order valence-electron chi connectivity index (χ3n) is 2.03. The Morgan fingerprint density at radius 2 is 2.00 bits per heavy atom. The van der Waals surface area contributed by atoms with Crippen molar-refractivity contribution in [3.63, 3.8) is 0 Å². The minimum atomic E-state index is -0.305. The first kappa shape index (κ1) is 11.4. The molecule has 12 heavy (non-hydrogen) atoms. The molecule has 1 amide bonds. The number of hydrogen-bond donors (Lipinski definition) is 2. The molecule has 0 radical (unpaired) electrons. The summed E-state index contributed by atoms with van der Waals surface area (Å²) in [5.41, 5.74) is 5.08. The van der Waals surface area contributed by atoms with Crippen LogP contribution in [-0.4, -0.2) is 43.5 Å². The van der Waals surface area contributed by atoms with E-state index in [2.05, 4.69) is 17.1 Å².